The zero-order valence-electron chi connectivity index (χ0n) is 11.3. The van der Waals surface area contributed by atoms with Gasteiger partial charge in [0.05, 0.1) is 17.6 Å². The van der Waals surface area contributed by atoms with Crippen LogP contribution in [-0.4, -0.2) is 17.9 Å². The Morgan fingerprint density at radius 1 is 1.32 bits per heavy atom. The molecule has 2 aromatic rings. The van der Waals surface area contributed by atoms with Crippen LogP contribution in [0.2, 0.25) is 0 Å². The van der Waals surface area contributed by atoms with Gasteiger partial charge >= 0.3 is 5.69 Å². The van der Waals surface area contributed by atoms with E-state index in [1.807, 2.05) is 0 Å². The predicted octanol–water partition coefficient (Wildman–Crippen LogP) is 3.76. The number of hydrogen-bond acceptors (Lipinski definition) is 4. The van der Waals surface area contributed by atoms with Gasteiger partial charge in [0.1, 0.15) is 5.75 Å². The molecule has 0 aliphatic rings. The van der Waals surface area contributed by atoms with Crippen LogP contribution in [0.4, 0.5) is 15.8 Å². The highest BCUT2D eigenvalue weighted by Crippen LogP contribution is 2.25. The number of amides is 1. The molecule has 1 amide bonds. The molecule has 0 atom stereocenters. The molecule has 8 heteroatoms. The summed E-state index contributed by atoms with van der Waals surface area (Å²) >= 11 is 3.24. The first-order valence-corrected chi connectivity index (χ1v) is 6.80. The Morgan fingerprint density at radius 3 is 2.68 bits per heavy atom. The monoisotopic (exact) mass is 368 g/mol. The van der Waals surface area contributed by atoms with Crippen LogP contribution >= 0.6 is 15.9 Å². The molecule has 0 radical (unpaired) electrons. The molecule has 0 saturated carbocycles. The molecule has 1 N–H and O–H groups in total. The van der Waals surface area contributed by atoms with Gasteiger partial charge in [-0.15, -0.1) is 0 Å². The number of nitrogens with one attached hydrogen (secondary N) is 1. The van der Waals surface area contributed by atoms with E-state index < -0.39 is 22.3 Å². The topological polar surface area (TPSA) is 81.5 Å². The average molecular weight is 369 g/mol. The van der Waals surface area contributed by atoms with E-state index in [1.165, 1.54) is 19.2 Å². The van der Waals surface area contributed by atoms with Crippen molar-refractivity contribution in [1.29, 1.82) is 0 Å². The number of benzene rings is 2. The Labute approximate surface area is 133 Å². The number of nitro benzene ring substituents is 1. The molecular formula is C14H10BrFN2O4. The fourth-order valence-corrected chi connectivity index (χ4v) is 2.16. The normalized spacial score (nSPS) is 10.1. The third-order valence-corrected chi connectivity index (χ3v) is 3.51. The van der Waals surface area contributed by atoms with Crippen LogP contribution in [0.3, 0.4) is 0 Å². The van der Waals surface area contributed by atoms with E-state index in [4.69, 9.17) is 4.74 Å². The molecule has 0 aromatic heterocycles. The van der Waals surface area contributed by atoms with Gasteiger partial charge in [-0.2, -0.15) is 4.39 Å². The first-order chi connectivity index (χ1) is 10.4. The predicted molar refractivity (Wildman–Crippen MR) is 81.7 cm³/mol. The molecule has 114 valence electrons. The van der Waals surface area contributed by atoms with E-state index in [0.29, 0.717) is 10.2 Å². The van der Waals surface area contributed by atoms with Gasteiger partial charge in [0.15, 0.2) is 0 Å². The molecule has 0 heterocycles. The minimum absolute atomic E-state index is 0.118. The van der Waals surface area contributed by atoms with E-state index in [-0.39, 0.29) is 11.3 Å². The smallest absolute Gasteiger partial charge is 0.306 e. The summed E-state index contributed by atoms with van der Waals surface area (Å²) in [4.78, 5) is 22.1. The second-order valence-corrected chi connectivity index (χ2v) is 5.08. The third-order valence-electron chi connectivity index (χ3n) is 2.82. The first-order valence-electron chi connectivity index (χ1n) is 6.01. The lowest BCUT2D eigenvalue weighted by Crippen LogP contribution is -2.13. The zero-order chi connectivity index (χ0) is 16.3. The number of anilines is 1. The molecule has 0 aliphatic heterocycles. The van der Waals surface area contributed by atoms with Crippen LogP contribution in [0.1, 0.15) is 10.4 Å². The maximum Gasteiger partial charge on any atom is 0.306 e. The number of carbonyl (C=O) groups excluding carboxylic acids is 1. The molecule has 0 spiro atoms. The van der Waals surface area contributed by atoms with E-state index >= 15 is 0 Å². The van der Waals surface area contributed by atoms with Crippen molar-refractivity contribution in [3.05, 3.63) is 62.4 Å². The van der Waals surface area contributed by atoms with E-state index in [1.54, 1.807) is 12.1 Å². The molecule has 22 heavy (non-hydrogen) atoms. The first kappa shape index (κ1) is 15.9. The maximum atomic E-state index is 13.3. The van der Waals surface area contributed by atoms with Crippen molar-refractivity contribution in [3.8, 4) is 5.75 Å². The molecule has 6 nitrogen and oxygen atoms in total. The van der Waals surface area contributed by atoms with Gasteiger partial charge in [-0.25, -0.2) is 0 Å². The Bertz CT molecular complexity index is 752. The number of nitrogens with zero attached hydrogens (tertiary/aromatic N) is 1. The summed E-state index contributed by atoms with van der Waals surface area (Å²) < 4.78 is 18.8. The Hall–Kier alpha value is -2.48. The Morgan fingerprint density at radius 2 is 2.05 bits per heavy atom. The van der Waals surface area contributed by atoms with Crippen LogP contribution in [0, 0.1) is 15.9 Å². The Kier molecular flexibility index (Phi) is 4.71. The maximum absolute atomic E-state index is 13.3. The van der Waals surface area contributed by atoms with Crippen molar-refractivity contribution in [3.63, 3.8) is 0 Å². The number of methoxy groups -OCH3 is 1. The van der Waals surface area contributed by atoms with Crippen LogP contribution in [0.5, 0.6) is 5.75 Å². The lowest BCUT2D eigenvalue weighted by atomic mass is 10.2. The van der Waals surface area contributed by atoms with Gasteiger partial charge in [-0.1, -0.05) is 0 Å². The summed E-state index contributed by atoms with van der Waals surface area (Å²) in [5.74, 6) is -0.990. The minimum atomic E-state index is -0.967. The number of carbonyl (C=O) groups is 1. The quantitative estimate of drug-likeness (QED) is 0.657. The van der Waals surface area contributed by atoms with Crippen LogP contribution in [0.25, 0.3) is 0 Å². The standard InChI is InChI=1S/C14H10BrFN2O4/c1-22-9-3-4-11(15)10(7-9)14(19)17-8-2-5-12(16)13(6-8)18(20)21/h2-7H,1H3,(H,17,19). The largest absolute Gasteiger partial charge is 0.497 e. The van der Waals surface area contributed by atoms with E-state index in [0.717, 1.165) is 12.1 Å². The van der Waals surface area contributed by atoms with Crippen LogP contribution < -0.4 is 10.1 Å². The molecule has 0 bridgehead atoms. The van der Waals surface area contributed by atoms with Crippen molar-refractivity contribution in [1.82, 2.24) is 0 Å². The molecule has 2 rings (SSSR count). The second kappa shape index (κ2) is 6.52. The van der Waals surface area contributed by atoms with Gasteiger partial charge < -0.3 is 10.1 Å². The van der Waals surface area contributed by atoms with Crippen molar-refractivity contribution in [2.45, 2.75) is 0 Å². The van der Waals surface area contributed by atoms with E-state index in [9.17, 15) is 19.3 Å². The van der Waals surface area contributed by atoms with Gasteiger partial charge in [0.25, 0.3) is 5.91 Å². The highest BCUT2D eigenvalue weighted by atomic mass is 79.9. The van der Waals surface area contributed by atoms with Crippen molar-refractivity contribution in [2.75, 3.05) is 12.4 Å². The minimum Gasteiger partial charge on any atom is -0.497 e. The fourth-order valence-electron chi connectivity index (χ4n) is 1.73. The summed E-state index contributed by atoms with van der Waals surface area (Å²) in [5, 5.41) is 13.2. The molecular weight excluding hydrogens is 359 g/mol. The molecule has 2 aromatic carbocycles. The molecule has 0 fully saturated rings. The number of hydrogen-bond donors (Lipinski definition) is 1. The summed E-state index contributed by atoms with van der Waals surface area (Å²) in [6, 6.07) is 7.95. The number of halogens is 2. The fraction of sp³-hybridized carbons (Fsp3) is 0.0714. The van der Waals surface area contributed by atoms with Crippen molar-refractivity contribution in [2.24, 2.45) is 0 Å². The number of ether oxygens (including phenoxy) is 1. The van der Waals surface area contributed by atoms with Crippen molar-refractivity contribution < 1.29 is 18.8 Å². The van der Waals surface area contributed by atoms with Gasteiger partial charge in [-0.05, 0) is 46.3 Å². The zero-order valence-corrected chi connectivity index (χ0v) is 12.9. The molecule has 0 aliphatic carbocycles. The van der Waals surface area contributed by atoms with Crippen molar-refractivity contribution >= 4 is 33.2 Å². The number of nitro groups is 1. The highest BCUT2D eigenvalue weighted by molar-refractivity contribution is 9.10. The molecule has 0 unspecified atom stereocenters. The summed E-state index contributed by atoms with van der Waals surface area (Å²) in [5.41, 5.74) is -0.304. The van der Waals surface area contributed by atoms with E-state index in [2.05, 4.69) is 21.2 Å². The summed E-state index contributed by atoms with van der Waals surface area (Å²) in [7, 11) is 1.47. The SMILES string of the molecule is COc1ccc(Br)c(C(=O)Nc2ccc(F)c([N+](=O)[O-])c2)c1. The number of rotatable bonds is 4. The summed E-state index contributed by atoms with van der Waals surface area (Å²) in [6.07, 6.45) is 0. The average Bonchev–Trinajstić information content (AvgIpc) is 2.49. The van der Waals surface area contributed by atoms with Crippen LogP contribution in [-0.2, 0) is 0 Å². The lowest BCUT2D eigenvalue weighted by Gasteiger charge is -2.08. The highest BCUT2D eigenvalue weighted by Gasteiger charge is 2.17. The van der Waals surface area contributed by atoms with Gasteiger partial charge in [0, 0.05) is 16.2 Å². The molecule has 0 saturated heterocycles. The van der Waals surface area contributed by atoms with Crippen LogP contribution in [0.15, 0.2) is 40.9 Å². The Balaban J connectivity index is 2.29. The third kappa shape index (κ3) is 3.40. The lowest BCUT2D eigenvalue weighted by molar-refractivity contribution is -0.387. The van der Waals surface area contributed by atoms with Gasteiger partial charge in [0.2, 0.25) is 5.82 Å². The second-order valence-electron chi connectivity index (χ2n) is 4.22. The van der Waals surface area contributed by atoms with Gasteiger partial charge in [-0.3, -0.25) is 14.9 Å². The summed E-state index contributed by atoms with van der Waals surface area (Å²) in [6.45, 7) is 0.